The van der Waals surface area contributed by atoms with Crippen molar-refractivity contribution in [2.24, 2.45) is 0 Å². The monoisotopic (exact) mass is 235 g/mol. The summed E-state index contributed by atoms with van der Waals surface area (Å²) < 4.78 is 7.24. The van der Waals surface area contributed by atoms with E-state index < -0.39 is 5.60 Å². The first-order chi connectivity index (χ1) is 7.87. The Labute approximate surface area is 102 Å². The van der Waals surface area contributed by atoms with E-state index >= 15 is 0 Å². The van der Waals surface area contributed by atoms with Crippen molar-refractivity contribution in [1.82, 2.24) is 14.6 Å². The van der Waals surface area contributed by atoms with Crippen molar-refractivity contribution in [3.8, 4) is 0 Å². The minimum Gasteiger partial charge on any atom is -0.444 e. The summed E-state index contributed by atoms with van der Waals surface area (Å²) in [7, 11) is 1.93. The Morgan fingerprint density at radius 2 is 2.24 bits per heavy atom. The zero-order valence-corrected chi connectivity index (χ0v) is 10.9. The van der Waals surface area contributed by atoms with Gasteiger partial charge in [0.2, 0.25) is 7.98 Å². The van der Waals surface area contributed by atoms with Gasteiger partial charge in [-0.1, -0.05) is 0 Å². The van der Waals surface area contributed by atoms with Crippen LogP contribution in [0.3, 0.4) is 0 Å². The molecule has 0 aromatic carbocycles. The zero-order valence-electron chi connectivity index (χ0n) is 10.9. The Morgan fingerprint density at radius 3 is 2.88 bits per heavy atom. The van der Waals surface area contributed by atoms with E-state index in [4.69, 9.17) is 4.74 Å². The van der Waals surface area contributed by atoms with Crippen molar-refractivity contribution in [3.05, 3.63) is 17.5 Å². The third-order valence-corrected chi connectivity index (χ3v) is 2.78. The summed E-state index contributed by atoms with van der Waals surface area (Å²) in [6.45, 7) is 6.93. The summed E-state index contributed by atoms with van der Waals surface area (Å²) in [5.41, 5.74) is 1.89. The molecule has 1 aliphatic rings. The molecule has 0 saturated carbocycles. The molecule has 0 saturated heterocycles. The molecule has 2 heterocycles. The topological polar surface area (TPSA) is 47.4 Å². The molecule has 0 aliphatic carbocycles. The average Bonchev–Trinajstić information content (AvgIpc) is 2.57. The van der Waals surface area contributed by atoms with Crippen molar-refractivity contribution >= 4 is 14.1 Å². The van der Waals surface area contributed by atoms with Gasteiger partial charge >= 0.3 is 6.09 Å². The third kappa shape index (κ3) is 2.62. The lowest BCUT2D eigenvalue weighted by Gasteiger charge is -2.30. The summed E-state index contributed by atoms with van der Waals surface area (Å²) in [6, 6.07) is 0. The highest BCUT2D eigenvalue weighted by molar-refractivity contribution is 6.06. The predicted molar refractivity (Wildman–Crippen MR) is 66.5 cm³/mol. The molecule has 92 valence electrons. The van der Waals surface area contributed by atoms with Crippen LogP contribution in [0.1, 0.15) is 32.0 Å². The standard InChI is InChI=1S/C11H18BN3O2/c1-11(2,3)17-10(16)14-5-4-9-8(7-14)6-13-15(9)12/h6H,4-5,7,12H2,1-3H3. The van der Waals surface area contributed by atoms with E-state index in [-0.39, 0.29) is 6.09 Å². The molecule has 1 aromatic rings. The van der Waals surface area contributed by atoms with Gasteiger partial charge in [0.25, 0.3) is 0 Å². The highest BCUT2D eigenvalue weighted by Crippen LogP contribution is 2.19. The fourth-order valence-corrected chi connectivity index (χ4v) is 1.97. The van der Waals surface area contributed by atoms with Gasteiger partial charge in [-0.05, 0) is 20.8 Å². The number of hydrogen-bond acceptors (Lipinski definition) is 3. The first-order valence-corrected chi connectivity index (χ1v) is 5.84. The number of aromatic nitrogens is 2. The molecule has 0 atom stereocenters. The molecule has 0 spiro atoms. The highest BCUT2D eigenvalue weighted by atomic mass is 16.6. The molecule has 2 rings (SSSR count). The predicted octanol–water partition coefficient (Wildman–Crippen LogP) is 0.572. The second-order valence-corrected chi connectivity index (χ2v) is 5.39. The number of hydrogen-bond donors (Lipinski definition) is 0. The van der Waals surface area contributed by atoms with Crippen molar-refractivity contribution in [3.63, 3.8) is 0 Å². The molecular weight excluding hydrogens is 217 g/mol. The number of fused-ring (bicyclic) bond motifs is 1. The van der Waals surface area contributed by atoms with Crippen molar-refractivity contribution in [2.75, 3.05) is 6.54 Å². The lowest BCUT2D eigenvalue weighted by molar-refractivity contribution is 0.0223. The van der Waals surface area contributed by atoms with Gasteiger partial charge in [-0.15, -0.1) is 0 Å². The number of amides is 1. The third-order valence-electron chi connectivity index (χ3n) is 2.78. The smallest absolute Gasteiger partial charge is 0.410 e. The van der Waals surface area contributed by atoms with Gasteiger partial charge in [0.15, 0.2) is 0 Å². The summed E-state index contributed by atoms with van der Waals surface area (Å²) in [5, 5.41) is 4.20. The first kappa shape index (κ1) is 12.0. The summed E-state index contributed by atoms with van der Waals surface area (Å²) in [4.78, 5) is 13.6. The second kappa shape index (κ2) is 4.09. The summed E-state index contributed by atoms with van der Waals surface area (Å²) in [5.74, 6) is 0. The van der Waals surface area contributed by atoms with Gasteiger partial charge in [-0.25, -0.2) is 4.79 Å². The molecule has 0 N–H and O–H groups in total. The lowest BCUT2D eigenvalue weighted by atomic mass is 10.1. The molecule has 0 radical (unpaired) electrons. The molecule has 6 heteroatoms. The molecule has 1 aliphatic heterocycles. The van der Waals surface area contributed by atoms with E-state index in [0.29, 0.717) is 13.1 Å². The van der Waals surface area contributed by atoms with Crippen LogP contribution in [-0.2, 0) is 17.7 Å². The minimum atomic E-state index is -0.438. The van der Waals surface area contributed by atoms with E-state index in [1.165, 1.54) is 5.69 Å². The van der Waals surface area contributed by atoms with Crippen LogP contribution in [0.5, 0.6) is 0 Å². The summed E-state index contributed by atoms with van der Waals surface area (Å²) in [6.07, 6.45) is 2.42. The highest BCUT2D eigenvalue weighted by Gasteiger charge is 2.26. The van der Waals surface area contributed by atoms with Crippen molar-refractivity contribution in [2.45, 2.75) is 39.3 Å². The van der Waals surface area contributed by atoms with Crippen LogP contribution in [-0.4, -0.2) is 40.8 Å². The van der Waals surface area contributed by atoms with Crippen LogP contribution >= 0.6 is 0 Å². The fourth-order valence-electron chi connectivity index (χ4n) is 1.97. The quantitative estimate of drug-likeness (QED) is 0.618. The number of carbonyl (C=O) groups excluding carboxylic acids is 1. The van der Waals surface area contributed by atoms with Crippen LogP contribution in [0.25, 0.3) is 0 Å². The maximum absolute atomic E-state index is 11.9. The van der Waals surface area contributed by atoms with E-state index in [1.54, 1.807) is 4.90 Å². The maximum atomic E-state index is 11.9. The minimum absolute atomic E-state index is 0.244. The Kier molecular flexibility index (Phi) is 2.89. The zero-order chi connectivity index (χ0) is 12.6. The first-order valence-electron chi connectivity index (χ1n) is 5.84. The Bertz CT molecular complexity index is 436. The molecule has 1 aromatic heterocycles. The Morgan fingerprint density at radius 1 is 1.53 bits per heavy atom. The van der Waals surface area contributed by atoms with Crippen LogP contribution < -0.4 is 0 Å². The molecule has 0 unspecified atom stereocenters. The largest absolute Gasteiger partial charge is 0.444 e. The van der Waals surface area contributed by atoms with Crippen LogP contribution in [0.4, 0.5) is 4.79 Å². The summed E-state index contributed by atoms with van der Waals surface area (Å²) >= 11 is 0. The number of carbonyl (C=O) groups is 1. The number of nitrogens with zero attached hydrogens (tertiary/aromatic N) is 3. The molecule has 0 bridgehead atoms. The normalized spacial score (nSPS) is 15.6. The van der Waals surface area contributed by atoms with Gasteiger partial charge in [0.05, 0.1) is 12.7 Å². The lowest BCUT2D eigenvalue weighted by Crippen LogP contribution is -2.40. The maximum Gasteiger partial charge on any atom is 0.410 e. The average molecular weight is 235 g/mol. The van der Waals surface area contributed by atoms with Gasteiger partial charge < -0.3 is 14.2 Å². The van der Waals surface area contributed by atoms with Crippen LogP contribution in [0, 0.1) is 0 Å². The SMILES string of the molecule is Bn1ncc2c1CCN(C(=O)OC(C)(C)C)C2. The van der Waals surface area contributed by atoms with Crippen LogP contribution in [0.15, 0.2) is 6.20 Å². The Balaban J connectivity index is 2.05. The van der Waals surface area contributed by atoms with E-state index in [2.05, 4.69) is 5.10 Å². The molecule has 17 heavy (non-hydrogen) atoms. The second-order valence-electron chi connectivity index (χ2n) is 5.39. The van der Waals surface area contributed by atoms with Crippen LogP contribution in [0.2, 0.25) is 0 Å². The molecule has 1 amide bonds. The van der Waals surface area contributed by atoms with Gasteiger partial charge in [0.1, 0.15) is 5.60 Å². The van der Waals surface area contributed by atoms with Crippen molar-refractivity contribution in [1.29, 1.82) is 0 Å². The number of rotatable bonds is 0. The molecule has 5 nitrogen and oxygen atoms in total. The van der Waals surface area contributed by atoms with E-state index in [0.717, 1.165) is 12.0 Å². The molecule has 0 fully saturated rings. The molecular formula is C11H18BN3O2. The van der Waals surface area contributed by atoms with E-state index in [9.17, 15) is 4.79 Å². The van der Waals surface area contributed by atoms with Gasteiger partial charge in [-0.2, -0.15) is 5.10 Å². The number of ether oxygens (including phenoxy) is 1. The van der Waals surface area contributed by atoms with Gasteiger partial charge in [-0.3, -0.25) is 0 Å². The van der Waals surface area contributed by atoms with E-state index in [1.807, 2.05) is 39.5 Å². The van der Waals surface area contributed by atoms with Gasteiger partial charge in [0, 0.05) is 24.2 Å². The fraction of sp³-hybridized carbons (Fsp3) is 0.636. The van der Waals surface area contributed by atoms with Crippen molar-refractivity contribution < 1.29 is 9.53 Å². The Hall–Kier alpha value is -1.46.